The Morgan fingerprint density at radius 2 is 2.21 bits per heavy atom. The van der Waals surface area contributed by atoms with Gasteiger partial charge in [-0.2, -0.15) is 5.26 Å². The van der Waals surface area contributed by atoms with Crippen molar-refractivity contribution in [3.8, 4) is 6.07 Å². The SMILES string of the molecule is CCC1CCN(c2occ(C(C)(C)C)c2C#N)C1=O. The van der Waals surface area contributed by atoms with Gasteiger partial charge in [-0.3, -0.25) is 9.69 Å². The minimum Gasteiger partial charge on any atom is -0.447 e. The van der Waals surface area contributed by atoms with E-state index in [2.05, 4.69) is 6.07 Å². The lowest BCUT2D eigenvalue weighted by Gasteiger charge is -2.17. The van der Waals surface area contributed by atoms with Crippen molar-refractivity contribution in [3.63, 3.8) is 0 Å². The van der Waals surface area contributed by atoms with E-state index in [9.17, 15) is 10.1 Å². The number of amides is 1. The summed E-state index contributed by atoms with van der Waals surface area (Å²) in [5.41, 5.74) is 1.19. The second kappa shape index (κ2) is 4.73. The minimum absolute atomic E-state index is 0.0646. The number of anilines is 1. The number of nitrogens with zero attached hydrogens (tertiary/aromatic N) is 2. The Labute approximate surface area is 114 Å². The second-order valence-corrected chi connectivity index (χ2v) is 6.08. The first-order valence-electron chi connectivity index (χ1n) is 6.73. The molecule has 1 fully saturated rings. The van der Waals surface area contributed by atoms with Gasteiger partial charge in [0.1, 0.15) is 11.6 Å². The van der Waals surface area contributed by atoms with Crippen LogP contribution in [0.15, 0.2) is 10.7 Å². The maximum absolute atomic E-state index is 12.2. The van der Waals surface area contributed by atoms with E-state index in [0.29, 0.717) is 18.0 Å². The monoisotopic (exact) mass is 260 g/mol. The highest BCUT2D eigenvalue weighted by Crippen LogP contribution is 2.36. The van der Waals surface area contributed by atoms with E-state index in [0.717, 1.165) is 18.4 Å². The summed E-state index contributed by atoms with van der Waals surface area (Å²) in [6, 6.07) is 2.19. The summed E-state index contributed by atoms with van der Waals surface area (Å²) < 4.78 is 5.54. The van der Waals surface area contributed by atoms with Crippen LogP contribution in [-0.4, -0.2) is 12.5 Å². The molecule has 1 unspecified atom stereocenters. The lowest BCUT2D eigenvalue weighted by Crippen LogP contribution is -2.27. The Morgan fingerprint density at radius 3 is 2.68 bits per heavy atom. The summed E-state index contributed by atoms with van der Waals surface area (Å²) in [5.74, 6) is 0.567. The first-order chi connectivity index (χ1) is 8.90. The van der Waals surface area contributed by atoms with E-state index < -0.39 is 0 Å². The molecule has 19 heavy (non-hydrogen) atoms. The molecule has 1 aromatic rings. The standard InChI is InChI=1S/C15H20N2O2/c1-5-10-6-7-17(13(10)18)14-11(8-16)12(9-19-14)15(2,3)4/h9-10H,5-7H2,1-4H3. The summed E-state index contributed by atoms with van der Waals surface area (Å²) in [6.07, 6.45) is 3.29. The van der Waals surface area contributed by atoms with Crippen LogP contribution in [0.1, 0.15) is 51.7 Å². The molecule has 1 aromatic heterocycles. The summed E-state index contributed by atoms with van der Waals surface area (Å²) in [4.78, 5) is 13.8. The molecular formula is C15H20N2O2. The molecule has 1 aliphatic rings. The van der Waals surface area contributed by atoms with Crippen LogP contribution >= 0.6 is 0 Å². The number of rotatable bonds is 2. The average Bonchev–Trinajstić information content (AvgIpc) is 2.90. The van der Waals surface area contributed by atoms with E-state index in [4.69, 9.17) is 4.42 Å². The van der Waals surface area contributed by atoms with Crippen LogP contribution < -0.4 is 4.90 Å². The van der Waals surface area contributed by atoms with Gasteiger partial charge in [0.15, 0.2) is 0 Å². The highest BCUT2D eigenvalue weighted by molar-refractivity contribution is 5.97. The fraction of sp³-hybridized carbons (Fsp3) is 0.600. The molecule has 1 aliphatic heterocycles. The Morgan fingerprint density at radius 1 is 1.53 bits per heavy atom. The zero-order valence-electron chi connectivity index (χ0n) is 12.0. The molecule has 1 amide bonds. The van der Waals surface area contributed by atoms with Gasteiger partial charge < -0.3 is 4.42 Å². The maximum Gasteiger partial charge on any atom is 0.232 e. The van der Waals surface area contributed by atoms with Crippen molar-refractivity contribution in [2.45, 2.75) is 46.0 Å². The van der Waals surface area contributed by atoms with Crippen molar-refractivity contribution in [3.05, 3.63) is 17.4 Å². The van der Waals surface area contributed by atoms with Crippen LogP contribution in [0.4, 0.5) is 5.88 Å². The quantitative estimate of drug-likeness (QED) is 0.820. The third-order valence-corrected chi connectivity index (χ3v) is 3.75. The third kappa shape index (κ3) is 2.25. The highest BCUT2D eigenvalue weighted by atomic mass is 16.3. The lowest BCUT2D eigenvalue weighted by atomic mass is 9.86. The minimum atomic E-state index is -0.167. The van der Waals surface area contributed by atoms with Crippen LogP contribution in [0.3, 0.4) is 0 Å². The van der Waals surface area contributed by atoms with Crippen LogP contribution in [0.5, 0.6) is 0 Å². The zero-order valence-corrected chi connectivity index (χ0v) is 12.0. The molecule has 0 aromatic carbocycles. The first-order valence-corrected chi connectivity index (χ1v) is 6.73. The van der Waals surface area contributed by atoms with Gasteiger partial charge in [-0.25, -0.2) is 0 Å². The van der Waals surface area contributed by atoms with Crippen molar-refractivity contribution in [1.29, 1.82) is 5.26 Å². The first kappa shape index (κ1) is 13.7. The van der Waals surface area contributed by atoms with Crippen LogP contribution in [0.2, 0.25) is 0 Å². The van der Waals surface area contributed by atoms with Gasteiger partial charge in [-0.05, 0) is 18.3 Å². The van der Waals surface area contributed by atoms with E-state index in [1.165, 1.54) is 0 Å². The van der Waals surface area contributed by atoms with Crippen LogP contribution in [-0.2, 0) is 10.2 Å². The van der Waals surface area contributed by atoms with E-state index in [1.807, 2.05) is 27.7 Å². The van der Waals surface area contributed by atoms with Gasteiger partial charge in [-0.15, -0.1) is 0 Å². The largest absolute Gasteiger partial charge is 0.447 e. The molecule has 0 N–H and O–H groups in total. The Bertz CT molecular complexity index is 531. The molecule has 0 radical (unpaired) electrons. The van der Waals surface area contributed by atoms with E-state index in [1.54, 1.807) is 11.2 Å². The maximum atomic E-state index is 12.2. The number of hydrogen-bond acceptors (Lipinski definition) is 3. The normalized spacial score (nSPS) is 19.8. The van der Waals surface area contributed by atoms with Crippen molar-refractivity contribution in [2.75, 3.05) is 11.4 Å². The fourth-order valence-corrected chi connectivity index (χ4v) is 2.53. The second-order valence-electron chi connectivity index (χ2n) is 6.08. The molecule has 0 spiro atoms. The molecule has 2 heterocycles. The van der Waals surface area contributed by atoms with Crippen molar-refractivity contribution < 1.29 is 9.21 Å². The number of carbonyl (C=O) groups is 1. The Kier molecular flexibility index (Phi) is 3.40. The third-order valence-electron chi connectivity index (χ3n) is 3.75. The molecule has 4 heteroatoms. The summed E-state index contributed by atoms with van der Waals surface area (Å²) >= 11 is 0. The predicted molar refractivity (Wildman–Crippen MR) is 72.9 cm³/mol. The summed E-state index contributed by atoms with van der Waals surface area (Å²) in [6.45, 7) is 8.75. The summed E-state index contributed by atoms with van der Waals surface area (Å²) in [7, 11) is 0. The number of carbonyl (C=O) groups excluding carboxylic acids is 1. The van der Waals surface area contributed by atoms with Gasteiger partial charge in [0, 0.05) is 18.0 Å². The highest BCUT2D eigenvalue weighted by Gasteiger charge is 2.36. The predicted octanol–water partition coefficient (Wildman–Crippen LogP) is 3.21. The molecular weight excluding hydrogens is 240 g/mol. The Balaban J connectivity index is 2.41. The van der Waals surface area contributed by atoms with Crippen molar-refractivity contribution >= 4 is 11.8 Å². The molecule has 4 nitrogen and oxygen atoms in total. The molecule has 1 atom stereocenters. The van der Waals surface area contributed by atoms with Gasteiger partial charge in [0.05, 0.1) is 6.26 Å². The zero-order chi connectivity index (χ0) is 14.2. The van der Waals surface area contributed by atoms with E-state index in [-0.39, 0.29) is 17.2 Å². The lowest BCUT2D eigenvalue weighted by molar-refractivity contribution is -0.120. The number of nitriles is 1. The van der Waals surface area contributed by atoms with E-state index >= 15 is 0 Å². The molecule has 102 valence electrons. The number of furan rings is 1. The van der Waals surface area contributed by atoms with Gasteiger partial charge >= 0.3 is 0 Å². The molecule has 0 saturated carbocycles. The van der Waals surface area contributed by atoms with Gasteiger partial charge in [0.25, 0.3) is 0 Å². The molecule has 0 bridgehead atoms. The summed E-state index contributed by atoms with van der Waals surface area (Å²) in [5, 5.41) is 9.37. The van der Waals surface area contributed by atoms with Crippen LogP contribution in [0.25, 0.3) is 0 Å². The van der Waals surface area contributed by atoms with Gasteiger partial charge in [0.2, 0.25) is 11.8 Å². The smallest absolute Gasteiger partial charge is 0.232 e. The van der Waals surface area contributed by atoms with Crippen molar-refractivity contribution in [2.24, 2.45) is 5.92 Å². The van der Waals surface area contributed by atoms with Crippen LogP contribution in [0, 0.1) is 17.2 Å². The molecule has 1 saturated heterocycles. The molecule has 2 rings (SSSR count). The number of hydrogen-bond donors (Lipinski definition) is 0. The Hall–Kier alpha value is -1.76. The van der Waals surface area contributed by atoms with Crippen molar-refractivity contribution in [1.82, 2.24) is 0 Å². The van der Waals surface area contributed by atoms with Gasteiger partial charge in [-0.1, -0.05) is 27.7 Å². The topological polar surface area (TPSA) is 57.2 Å². The fourth-order valence-electron chi connectivity index (χ4n) is 2.53. The average molecular weight is 260 g/mol. The molecule has 0 aliphatic carbocycles.